The van der Waals surface area contributed by atoms with Crippen molar-refractivity contribution in [3.63, 3.8) is 0 Å². The molecule has 0 aromatic carbocycles. The first-order valence-corrected chi connectivity index (χ1v) is 6.05. The van der Waals surface area contributed by atoms with Crippen molar-refractivity contribution in [1.82, 2.24) is 24.7 Å². The number of hydrogen-bond acceptors (Lipinski definition) is 6. The van der Waals surface area contributed by atoms with Crippen LogP contribution >= 0.6 is 0 Å². The largest absolute Gasteiger partial charge is 0.368 e. The summed E-state index contributed by atoms with van der Waals surface area (Å²) in [5.41, 5.74) is 0.469. The molecule has 0 aliphatic rings. The van der Waals surface area contributed by atoms with Crippen LogP contribution in [0.2, 0.25) is 0 Å². The molecule has 0 bridgehead atoms. The monoisotopic (exact) mass is 257 g/mol. The Kier molecular flexibility index (Phi) is 2.84. The fourth-order valence-electron chi connectivity index (χ4n) is 1.38. The Morgan fingerprint density at radius 1 is 1.29 bits per heavy atom. The van der Waals surface area contributed by atoms with E-state index in [0.717, 1.165) is 4.57 Å². The van der Waals surface area contributed by atoms with Crippen molar-refractivity contribution in [2.75, 3.05) is 0 Å². The van der Waals surface area contributed by atoms with Crippen molar-refractivity contribution in [3.8, 4) is 11.4 Å². The first-order chi connectivity index (χ1) is 8.04. The second-order valence-electron chi connectivity index (χ2n) is 3.12. The summed E-state index contributed by atoms with van der Waals surface area (Å²) in [6, 6.07) is 0. The highest BCUT2D eigenvalue weighted by molar-refractivity contribution is 7.86. The van der Waals surface area contributed by atoms with Gasteiger partial charge in [-0.2, -0.15) is 8.42 Å². The number of nitrogens with zero attached hydrogens (tertiary/aromatic N) is 5. The van der Waals surface area contributed by atoms with Gasteiger partial charge in [0, 0.05) is 18.9 Å². The van der Waals surface area contributed by atoms with Gasteiger partial charge in [-0.25, -0.2) is 9.97 Å². The molecule has 90 valence electrons. The van der Waals surface area contributed by atoms with Crippen molar-refractivity contribution in [2.24, 2.45) is 0 Å². The second kappa shape index (κ2) is 4.17. The minimum Gasteiger partial charge on any atom is -0.296 e. The molecule has 7 nitrogen and oxygen atoms in total. The Balaban J connectivity index is 2.62. The van der Waals surface area contributed by atoms with Gasteiger partial charge in [0.1, 0.15) is 6.33 Å². The maximum absolute atomic E-state index is 12.9. The zero-order valence-electron chi connectivity index (χ0n) is 8.78. The quantitative estimate of drug-likeness (QED) is 0.740. The van der Waals surface area contributed by atoms with Crippen LogP contribution in [-0.2, 0) is 16.8 Å². The van der Waals surface area contributed by atoms with Crippen LogP contribution in [0.25, 0.3) is 11.4 Å². The summed E-state index contributed by atoms with van der Waals surface area (Å²) in [4.78, 5) is 7.54. The van der Waals surface area contributed by atoms with Crippen molar-refractivity contribution in [1.29, 1.82) is 0 Å². The van der Waals surface area contributed by atoms with E-state index in [9.17, 15) is 12.3 Å². The molecule has 0 N–H and O–H groups in total. The van der Waals surface area contributed by atoms with Crippen LogP contribution in [0.15, 0.2) is 23.9 Å². The van der Waals surface area contributed by atoms with Crippen LogP contribution in [0, 0.1) is 0 Å². The molecule has 2 rings (SSSR count). The minimum atomic E-state index is -4.88. The molecule has 2 heterocycles. The van der Waals surface area contributed by atoms with Crippen LogP contribution in [0.1, 0.15) is 6.92 Å². The highest BCUT2D eigenvalue weighted by Gasteiger charge is 2.23. The van der Waals surface area contributed by atoms with Crippen molar-refractivity contribution in [2.45, 2.75) is 18.6 Å². The fraction of sp³-hybridized carbons (Fsp3) is 0.250. The smallest absolute Gasteiger partial charge is 0.296 e. The average molecular weight is 257 g/mol. The average Bonchev–Trinajstić information content (AvgIpc) is 2.73. The summed E-state index contributed by atoms with van der Waals surface area (Å²) >= 11 is 0. The van der Waals surface area contributed by atoms with Gasteiger partial charge in [0.2, 0.25) is 0 Å². The number of hydrogen-bond donors (Lipinski definition) is 0. The fourth-order valence-corrected chi connectivity index (χ4v) is 2.00. The van der Waals surface area contributed by atoms with Gasteiger partial charge in [0.15, 0.2) is 5.82 Å². The zero-order valence-corrected chi connectivity index (χ0v) is 9.59. The second-order valence-corrected chi connectivity index (χ2v) is 4.36. The Hall–Kier alpha value is -1.90. The third-order valence-corrected chi connectivity index (χ3v) is 2.81. The van der Waals surface area contributed by atoms with Crippen LogP contribution in [-0.4, -0.2) is 33.2 Å². The summed E-state index contributed by atoms with van der Waals surface area (Å²) in [5.74, 6) is 0.212. The van der Waals surface area contributed by atoms with Gasteiger partial charge in [-0.1, -0.05) is 3.89 Å². The highest BCUT2D eigenvalue weighted by atomic mass is 32.3. The standard InChI is InChI=1S/C8H8FN5O2S/c1-2-14-7(6-3-10-5-11-4-6)12-13-8(14)17(9,15)16/h3-5H,2H2,1H3. The molecule has 0 radical (unpaired) electrons. The lowest BCUT2D eigenvalue weighted by atomic mass is 10.3. The Bertz CT molecular complexity index is 625. The molecule has 9 heteroatoms. The lowest BCUT2D eigenvalue weighted by Gasteiger charge is -2.03. The van der Waals surface area contributed by atoms with E-state index < -0.39 is 15.4 Å². The number of rotatable bonds is 3. The van der Waals surface area contributed by atoms with Crippen LogP contribution < -0.4 is 0 Å². The molecule has 2 aromatic rings. The van der Waals surface area contributed by atoms with Crippen LogP contribution in [0.3, 0.4) is 0 Å². The third-order valence-electron chi connectivity index (χ3n) is 2.07. The molecule has 2 aromatic heterocycles. The Morgan fingerprint density at radius 3 is 2.47 bits per heavy atom. The summed E-state index contributed by atoms with van der Waals surface area (Å²) < 4.78 is 35.7. The lowest BCUT2D eigenvalue weighted by molar-refractivity contribution is 0.527. The molecule has 0 amide bonds. The summed E-state index contributed by atoms with van der Waals surface area (Å²) in [6.07, 6.45) is 4.21. The van der Waals surface area contributed by atoms with E-state index in [1.807, 2.05) is 0 Å². The van der Waals surface area contributed by atoms with Crippen LogP contribution in [0.4, 0.5) is 3.89 Å². The SMILES string of the molecule is CCn1c(-c2cncnc2)nnc1S(=O)(=O)F. The first-order valence-electron chi connectivity index (χ1n) is 4.67. The van der Waals surface area contributed by atoms with Gasteiger partial charge in [0.25, 0.3) is 5.16 Å². The van der Waals surface area contributed by atoms with Gasteiger partial charge < -0.3 is 0 Å². The maximum Gasteiger partial charge on any atom is 0.368 e. The molecular weight excluding hydrogens is 249 g/mol. The Morgan fingerprint density at radius 2 is 1.94 bits per heavy atom. The molecule has 0 aliphatic heterocycles. The lowest BCUT2D eigenvalue weighted by Crippen LogP contribution is -2.07. The van der Waals surface area contributed by atoms with Gasteiger partial charge in [-0.15, -0.1) is 10.2 Å². The van der Waals surface area contributed by atoms with Crippen LogP contribution in [0.5, 0.6) is 0 Å². The van der Waals surface area contributed by atoms with E-state index in [0.29, 0.717) is 5.56 Å². The van der Waals surface area contributed by atoms with Gasteiger partial charge in [-0.05, 0) is 6.92 Å². The van der Waals surface area contributed by atoms with E-state index >= 15 is 0 Å². The summed E-state index contributed by atoms with van der Waals surface area (Å²) in [7, 11) is -4.88. The minimum absolute atomic E-state index is 0.212. The van der Waals surface area contributed by atoms with E-state index in [1.54, 1.807) is 6.92 Å². The molecule has 0 atom stereocenters. The van der Waals surface area contributed by atoms with E-state index in [-0.39, 0.29) is 12.4 Å². The normalized spacial score (nSPS) is 11.6. The van der Waals surface area contributed by atoms with Crippen molar-refractivity contribution < 1.29 is 12.3 Å². The van der Waals surface area contributed by atoms with E-state index in [1.165, 1.54) is 18.7 Å². The molecule has 0 saturated carbocycles. The van der Waals surface area contributed by atoms with Gasteiger partial charge in [-0.3, -0.25) is 4.57 Å². The highest BCUT2D eigenvalue weighted by Crippen LogP contribution is 2.19. The predicted molar refractivity (Wildman–Crippen MR) is 55.0 cm³/mol. The first kappa shape index (κ1) is 11.6. The van der Waals surface area contributed by atoms with E-state index in [4.69, 9.17) is 0 Å². The van der Waals surface area contributed by atoms with Crippen molar-refractivity contribution in [3.05, 3.63) is 18.7 Å². The van der Waals surface area contributed by atoms with Gasteiger partial charge >= 0.3 is 10.2 Å². The predicted octanol–water partition coefficient (Wildman–Crippen LogP) is 0.413. The molecular formula is C8H8FN5O2S. The number of aromatic nitrogens is 5. The molecule has 0 saturated heterocycles. The van der Waals surface area contributed by atoms with Gasteiger partial charge in [0.05, 0.1) is 5.56 Å². The molecule has 0 spiro atoms. The summed E-state index contributed by atoms with van der Waals surface area (Å²) in [5, 5.41) is 6.26. The molecule has 0 fully saturated rings. The zero-order chi connectivity index (χ0) is 12.5. The summed E-state index contributed by atoms with van der Waals surface area (Å²) in [6.45, 7) is 1.88. The number of halogens is 1. The van der Waals surface area contributed by atoms with Crippen molar-refractivity contribution >= 4 is 10.2 Å². The topological polar surface area (TPSA) is 90.6 Å². The maximum atomic E-state index is 12.9. The van der Waals surface area contributed by atoms with E-state index in [2.05, 4.69) is 20.2 Å². The molecule has 0 aliphatic carbocycles. The molecule has 0 unspecified atom stereocenters. The Labute approximate surface area is 96.6 Å². The molecule has 17 heavy (non-hydrogen) atoms. The third kappa shape index (κ3) is 2.13.